The summed E-state index contributed by atoms with van der Waals surface area (Å²) in [6.07, 6.45) is 8.43. The van der Waals surface area contributed by atoms with E-state index in [-0.39, 0.29) is 0 Å². The van der Waals surface area contributed by atoms with Gasteiger partial charge in [-0.05, 0) is 49.4 Å². The van der Waals surface area contributed by atoms with Crippen molar-refractivity contribution in [3.8, 4) is 0 Å². The summed E-state index contributed by atoms with van der Waals surface area (Å²) in [4.78, 5) is 12.0. The van der Waals surface area contributed by atoms with Crippen molar-refractivity contribution in [3.05, 3.63) is 0 Å². The average Bonchev–Trinajstić information content (AvgIpc) is 2.64. The van der Waals surface area contributed by atoms with Gasteiger partial charge in [0.25, 0.3) is 0 Å². The highest BCUT2D eigenvalue weighted by Crippen LogP contribution is 2.45. The highest BCUT2D eigenvalue weighted by Gasteiger charge is 2.37. The Morgan fingerprint density at radius 1 is 1.18 bits per heavy atom. The highest BCUT2D eigenvalue weighted by molar-refractivity contribution is 5.81. The molecule has 0 radical (unpaired) electrons. The number of hydrogen-bond acceptors (Lipinski definition) is 1. The molecule has 0 aromatic heterocycles. The quantitative estimate of drug-likeness (QED) is 0.707. The van der Waals surface area contributed by atoms with Gasteiger partial charge in [-0.2, -0.15) is 0 Å². The van der Waals surface area contributed by atoms with E-state index in [0.29, 0.717) is 11.7 Å². The van der Waals surface area contributed by atoms with Crippen molar-refractivity contribution < 1.29 is 4.79 Å². The Labute approximate surface area is 106 Å². The van der Waals surface area contributed by atoms with Crippen LogP contribution in [0.4, 0.5) is 0 Å². The molecule has 1 heteroatoms. The fourth-order valence-corrected chi connectivity index (χ4v) is 4.17. The van der Waals surface area contributed by atoms with E-state index in [0.717, 1.165) is 36.5 Å². The Hall–Kier alpha value is -0.330. The van der Waals surface area contributed by atoms with Crippen molar-refractivity contribution in [2.45, 2.75) is 65.7 Å². The van der Waals surface area contributed by atoms with Gasteiger partial charge in [0.05, 0.1) is 0 Å². The van der Waals surface area contributed by atoms with Crippen LogP contribution in [0.3, 0.4) is 0 Å². The van der Waals surface area contributed by atoms with Crippen molar-refractivity contribution in [2.75, 3.05) is 0 Å². The maximum atomic E-state index is 12.0. The predicted molar refractivity (Wildman–Crippen MR) is 71.8 cm³/mol. The molecule has 0 aliphatic heterocycles. The van der Waals surface area contributed by atoms with Gasteiger partial charge in [-0.3, -0.25) is 4.79 Å². The molecule has 0 amide bonds. The van der Waals surface area contributed by atoms with Gasteiger partial charge < -0.3 is 0 Å². The van der Waals surface area contributed by atoms with Crippen LogP contribution in [0.15, 0.2) is 0 Å². The number of rotatable bonds is 3. The van der Waals surface area contributed by atoms with Crippen LogP contribution in [-0.2, 0) is 4.79 Å². The zero-order valence-electron chi connectivity index (χ0n) is 11.7. The molecule has 0 heterocycles. The SMILES string of the molecule is CC(C)C1CCC(C)C1CC1CCCCC1=O. The van der Waals surface area contributed by atoms with E-state index in [9.17, 15) is 4.79 Å². The summed E-state index contributed by atoms with van der Waals surface area (Å²) in [7, 11) is 0. The van der Waals surface area contributed by atoms with Crippen LogP contribution >= 0.6 is 0 Å². The summed E-state index contributed by atoms with van der Waals surface area (Å²) in [6.45, 7) is 7.12. The molecule has 4 atom stereocenters. The standard InChI is InChI=1S/C16H28O/c1-11(2)14-9-8-12(3)15(14)10-13-6-4-5-7-16(13)17/h11-15H,4-10H2,1-3H3. The third-order valence-electron chi connectivity index (χ3n) is 5.33. The summed E-state index contributed by atoms with van der Waals surface area (Å²) in [5.41, 5.74) is 0. The largest absolute Gasteiger partial charge is 0.299 e. The van der Waals surface area contributed by atoms with Crippen molar-refractivity contribution in [2.24, 2.45) is 29.6 Å². The molecule has 2 aliphatic carbocycles. The van der Waals surface area contributed by atoms with Crippen LogP contribution < -0.4 is 0 Å². The van der Waals surface area contributed by atoms with E-state index >= 15 is 0 Å². The second kappa shape index (κ2) is 5.54. The Balaban J connectivity index is 1.97. The molecule has 0 saturated heterocycles. The van der Waals surface area contributed by atoms with Gasteiger partial charge in [0.1, 0.15) is 5.78 Å². The predicted octanol–water partition coefficient (Wildman–Crippen LogP) is 4.45. The monoisotopic (exact) mass is 236 g/mol. The molecule has 2 rings (SSSR count). The first-order valence-corrected chi connectivity index (χ1v) is 7.62. The Bertz CT molecular complexity index is 269. The van der Waals surface area contributed by atoms with E-state index in [1.165, 1.54) is 32.1 Å². The van der Waals surface area contributed by atoms with E-state index in [1.54, 1.807) is 0 Å². The summed E-state index contributed by atoms with van der Waals surface area (Å²) in [6, 6.07) is 0. The summed E-state index contributed by atoms with van der Waals surface area (Å²) < 4.78 is 0. The summed E-state index contributed by atoms with van der Waals surface area (Å²) in [5.74, 6) is 4.32. The Morgan fingerprint density at radius 3 is 2.59 bits per heavy atom. The molecule has 0 bridgehead atoms. The number of ketones is 1. The van der Waals surface area contributed by atoms with E-state index in [2.05, 4.69) is 20.8 Å². The van der Waals surface area contributed by atoms with Gasteiger partial charge in [-0.25, -0.2) is 0 Å². The minimum Gasteiger partial charge on any atom is -0.299 e. The molecule has 17 heavy (non-hydrogen) atoms. The van der Waals surface area contributed by atoms with Gasteiger partial charge in [0.15, 0.2) is 0 Å². The van der Waals surface area contributed by atoms with Crippen molar-refractivity contribution in [1.82, 2.24) is 0 Å². The first-order chi connectivity index (χ1) is 8.09. The first-order valence-electron chi connectivity index (χ1n) is 7.62. The number of carbonyl (C=O) groups excluding carboxylic acids is 1. The normalized spacial score (nSPS) is 38.9. The molecule has 4 unspecified atom stereocenters. The fraction of sp³-hybridized carbons (Fsp3) is 0.938. The third kappa shape index (κ3) is 2.92. The minimum atomic E-state index is 0.413. The highest BCUT2D eigenvalue weighted by atomic mass is 16.1. The van der Waals surface area contributed by atoms with E-state index in [1.807, 2.05) is 0 Å². The number of Topliss-reactive ketones (excluding diaryl/α,β-unsaturated/α-hetero) is 1. The molecule has 0 spiro atoms. The second-order valence-corrected chi connectivity index (χ2v) is 6.77. The zero-order chi connectivity index (χ0) is 12.4. The van der Waals surface area contributed by atoms with Crippen molar-refractivity contribution in [1.29, 1.82) is 0 Å². The van der Waals surface area contributed by atoms with E-state index < -0.39 is 0 Å². The smallest absolute Gasteiger partial charge is 0.135 e. The molecular weight excluding hydrogens is 208 g/mol. The van der Waals surface area contributed by atoms with Gasteiger partial charge in [-0.15, -0.1) is 0 Å². The van der Waals surface area contributed by atoms with Crippen LogP contribution in [0.25, 0.3) is 0 Å². The van der Waals surface area contributed by atoms with Gasteiger partial charge in [-0.1, -0.05) is 33.6 Å². The summed E-state index contributed by atoms with van der Waals surface area (Å²) in [5, 5.41) is 0. The van der Waals surface area contributed by atoms with Crippen LogP contribution in [0.2, 0.25) is 0 Å². The zero-order valence-corrected chi connectivity index (χ0v) is 11.7. The van der Waals surface area contributed by atoms with Gasteiger partial charge >= 0.3 is 0 Å². The molecule has 0 aromatic carbocycles. The first kappa shape index (κ1) is 13.1. The fourth-order valence-electron chi connectivity index (χ4n) is 4.17. The number of hydrogen-bond donors (Lipinski definition) is 0. The lowest BCUT2D eigenvalue weighted by molar-refractivity contribution is -0.125. The third-order valence-corrected chi connectivity index (χ3v) is 5.33. The molecule has 2 fully saturated rings. The molecule has 2 saturated carbocycles. The lowest BCUT2D eigenvalue weighted by atomic mass is 9.74. The molecule has 98 valence electrons. The minimum absolute atomic E-state index is 0.413. The second-order valence-electron chi connectivity index (χ2n) is 6.77. The lowest BCUT2D eigenvalue weighted by Gasteiger charge is -2.30. The Kier molecular flexibility index (Phi) is 4.27. The molecule has 0 aromatic rings. The van der Waals surface area contributed by atoms with Crippen LogP contribution in [-0.4, -0.2) is 5.78 Å². The van der Waals surface area contributed by atoms with Gasteiger partial charge in [0, 0.05) is 12.3 Å². The lowest BCUT2D eigenvalue weighted by Crippen LogP contribution is -2.27. The average molecular weight is 236 g/mol. The molecular formula is C16H28O. The van der Waals surface area contributed by atoms with Crippen LogP contribution in [0, 0.1) is 29.6 Å². The molecule has 1 nitrogen and oxygen atoms in total. The Morgan fingerprint density at radius 2 is 1.94 bits per heavy atom. The number of carbonyl (C=O) groups is 1. The van der Waals surface area contributed by atoms with Crippen LogP contribution in [0.5, 0.6) is 0 Å². The maximum Gasteiger partial charge on any atom is 0.135 e. The van der Waals surface area contributed by atoms with Crippen molar-refractivity contribution in [3.63, 3.8) is 0 Å². The maximum absolute atomic E-state index is 12.0. The van der Waals surface area contributed by atoms with E-state index in [4.69, 9.17) is 0 Å². The molecule has 2 aliphatic rings. The summed E-state index contributed by atoms with van der Waals surface area (Å²) >= 11 is 0. The molecule has 0 N–H and O–H groups in total. The topological polar surface area (TPSA) is 17.1 Å². The van der Waals surface area contributed by atoms with Crippen LogP contribution in [0.1, 0.15) is 65.7 Å². The van der Waals surface area contributed by atoms with Gasteiger partial charge in [0.2, 0.25) is 0 Å². The van der Waals surface area contributed by atoms with Crippen molar-refractivity contribution >= 4 is 5.78 Å².